The fourth-order valence-corrected chi connectivity index (χ4v) is 1.32. The summed E-state index contributed by atoms with van der Waals surface area (Å²) in [5.41, 5.74) is -0.820. The highest BCUT2D eigenvalue weighted by atomic mass is 35.5. The van der Waals surface area contributed by atoms with Gasteiger partial charge >= 0.3 is 5.97 Å². The third-order valence-corrected chi connectivity index (χ3v) is 2.77. The van der Waals surface area contributed by atoms with E-state index >= 15 is 0 Å². The van der Waals surface area contributed by atoms with E-state index in [0.29, 0.717) is 18.8 Å². The number of carbonyl (C=O) groups is 1. The van der Waals surface area contributed by atoms with Crippen LogP contribution in [0, 0.1) is 0 Å². The van der Waals surface area contributed by atoms with Gasteiger partial charge in [-0.2, -0.15) is 0 Å². The predicted molar refractivity (Wildman–Crippen MR) is 65.6 cm³/mol. The SMILES string of the molecule is CCC(C)(O)CNc1ncc(C(=O)O)cc1Cl. The number of halogens is 1. The molecule has 1 aromatic rings. The number of nitrogens with one attached hydrogen (secondary N) is 1. The van der Waals surface area contributed by atoms with Crippen molar-refractivity contribution in [2.24, 2.45) is 0 Å². The van der Waals surface area contributed by atoms with Gasteiger partial charge in [0, 0.05) is 12.7 Å². The topological polar surface area (TPSA) is 82.5 Å². The van der Waals surface area contributed by atoms with Crippen molar-refractivity contribution in [2.45, 2.75) is 25.9 Å². The molecule has 5 nitrogen and oxygen atoms in total. The van der Waals surface area contributed by atoms with Crippen LogP contribution in [0.1, 0.15) is 30.6 Å². The molecule has 17 heavy (non-hydrogen) atoms. The van der Waals surface area contributed by atoms with Crippen molar-refractivity contribution in [2.75, 3.05) is 11.9 Å². The summed E-state index contributed by atoms with van der Waals surface area (Å²) in [7, 11) is 0. The normalized spacial score (nSPS) is 14.1. The Labute approximate surface area is 104 Å². The van der Waals surface area contributed by atoms with E-state index in [4.69, 9.17) is 16.7 Å². The summed E-state index contributed by atoms with van der Waals surface area (Å²) in [5.74, 6) is -0.711. The second-order valence-electron chi connectivity index (χ2n) is 4.06. The van der Waals surface area contributed by atoms with E-state index in [1.807, 2.05) is 6.92 Å². The first-order valence-corrected chi connectivity index (χ1v) is 5.58. The number of carboxylic acids is 1. The first kappa shape index (κ1) is 13.7. The molecule has 1 atom stereocenters. The zero-order valence-corrected chi connectivity index (χ0v) is 10.5. The summed E-state index contributed by atoms with van der Waals surface area (Å²) in [6.45, 7) is 3.85. The van der Waals surface area contributed by atoms with E-state index < -0.39 is 11.6 Å². The number of aromatic carboxylic acids is 1. The van der Waals surface area contributed by atoms with Crippen LogP contribution >= 0.6 is 11.6 Å². The average Bonchev–Trinajstić information content (AvgIpc) is 2.27. The number of pyridine rings is 1. The molecule has 0 saturated carbocycles. The van der Waals surface area contributed by atoms with Crippen LogP contribution in [0.5, 0.6) is 0 Å². The Morgan fingerprint density at radius 3 is 2.76 bits per heavy atom. The summed E-state index contributed by atoms with van der Waals surface area (Å²) in [6.07, 6.45) is 1.81. The fourth-order valence-electron chi connectivity index (χ4n) is 1.08. The highest BCUT2D eigenvalue weighted by Gasteiger charge is 2.18. The lowest BCUT2D eigenvalue weighted by atomic mass is 10.0. The van der Waals surface area contributed by atoms with Gasteiger partial charge in [-0.25, -0.2) is 9.78 Å². The van der Waals surface area contributed by atoms with E-state index in [9.17, 15) is 9.90 Å². The monoisotopic (exact) mass is 258 g/mol. The molecular formula is C11H15ClN2O3. The predicted octanol–water partition coefficient (Wildman–Crippen LogP) is 2.01. The molecule has 0 aliphatic rings. The van der Waals surface area contributed by atoms with E-state index in [-0.39, 0.29) is 10.6 Å². The zero-order chi connectivity index (χ0) is 13.1. The molecule has 0 fully saturated rings. The fraction of sp³-hybridized carbons (Fsp3) is 0.455. The van der Waals surface area contributed by atoms with Crippen LogP contribution in [0.4, 0.5) is 5.82 Å². The number of aromatic nitrogens is 1. The quantitative estimate of drug-likeness (QED) is 0.753. The van der Waals surface area contributed by atoms with Crippen molar-refractivity contribution in [1.82, 2.24) is 4.98 Å². The first-order chi connectivity index (χ1) is 7.85. The first-order valence-electron chi connectivity index (χ1n) is 5.21. The van der Waals surface area contributed by atoms with Crippen LogP contribution < -0.4 is 5.32 Å². The summed E-state index contributed by atoms with van der Waals surface area (Å²) in [4.78, 5) is 14.6. The molecule has 0 amide bonds. The molecule has 1 rings (SSSR count). The summed E-state index contributed by atoms with van der Waals surface area (Å²) >= 11 is 5.88. The lowest BCUT2D eigenvalue weighted by molar-refractivity contribution is 0.0687. The molecule has 6 heteroatoms. The third kappa shape index (κ3) is 3.87. The highest BCUT2D eigenvalue weighted by molar-refractivity contribution is 6.33. The molecule has 1 heterocycles. The standard InChI is InChI=1S/C11H15ClN2O3/c1-3-11(2,17)6-14-9-8(12)4-7(5-13-9)10(15)16/h4-5,17H,3,6H2,1-2H3,(H,13,14)(H,15,16). The number of carboxylic acid groups (broad SMARTS) is 1. The van der Waals surface area contributed by atoms with Gasteiger partial charge in [-0.15, -0.1) is 0 Å². The Balaban J connectivity index is 2.77. The van der Waals surface area contributed by atoms with Gasteiger partial charge in [-0.1, -0.05) is 18.5 Å². The van der Waals surface area contributed by atoms with Gasteiger partial charge in [0.1, 0.15) is 5.82 Å². The molecule has 0 radical (unpaired) electrons. The molecule has 3 N–H and O–H groups in total. The van der Waals surface area contributed by atoms with Crippen molar-refractivity contribution in [3.05, 3.63) is 22.8 Å². The van der Waals surface area contributed by atoms with Crippen molar-refractivity contribution in [1.29, 1.82) is 0 Å². The minimum Gasteiger partial charge on any atom is -0.478 e. The van der Waals surface area contributed by atoms with Crippen molar-refractivity contribution in [3.63, 3.8) is 0 Å². The number of anilines is 1. The molecular weight excluding hydrogens is 244 g/mol. The zero-order valence-electron chi connectivity index (χ0n) is 9.70. The number of hydrogen-bond donors (Lipinski definition) is 3. The van der Waals surface area contributed by atoms with E-state index in [1.165, 1.54) is 12.3 Å². The Morgan fingerprint density at radius 1 is 1.65 bits per heavy atom. The van der Waals surface area contributed by atoms with Gasteiger partial charge in [0.05, 0.1) is 16.2 Å². The number of aliphatic hydroxyl groups is 1. The van der Waals surface area contributed by atoms with Gasteiger partial charge in [0.25, 0.3) is 0 Å². The Bertz CT molecular complexity index is 421. The molecule has 0 saturated heterocycles. The second kappa shape index (κ2) is 5.33. The number of rotatable bonds is 5. The largest absolute Gasteiger partial charge is 0.478 e. The van der Waals surface area contributed by atoms with Crippen LogP contribution in [0.15, 0.2) is 12.3 Å². The highest BCUT2D eigenvalue weighted by Crippen LogP contribution is 2.21. The average molecular weight is 259 g/mol. The van der Waals surface area contributed by atoms with E-state index in [2.05, 4.69) is 10.3 Å². The molecule has 1 aromatic heterocycles. The number of nitrogens with zero attached hydrogens (tertiary/aromatic N) is 1. The summed E-state index contributed by atoms with van der Waals surface area (Å²) in [6, 6.07) is 1.32. The van der Waals surface area contributed by atoms with Crippen molar-refractivity contribution < 1.29 is 15.0 Å². The van der Waals surface area contributed by atoms with E-state index in [1.54, 1.807) is 6.92 Å². The minimum atomic E-state index is -1.08. The Hall–Kier alpha value is -1.33. The molecule has 0 aliphatic heterocycles. The molecule has 0 bridgehead atoms. The molecule has 0 aromatic carbocycles. The van der Waals surface area contributed by atoms with Gasteiger partial charge in [-0.05, 0) is 19.4 Å². The smallest absolute Gasteiger partial charge is 0.337 e. The van der Waals surface area contributed by atoms with Crippen molar-refractivity contribution in [3.8, 4) is 0 Å². The third-order valence-electron chi connectivity index (χ3n) is 2.49. The van der Waals surface area contributed by atoms with Crippen LogP contribution in [0.25, 0.3) is 0 Å². The summed E-state index contributed by atoms with van der Waals surface area (Å²) in [5, 5.41) is 21.6. The molecule has 0 aliphatic carbocycles. The van der Waals surface area contributed by atoms with E-state index in [0.717, 1.165) is 0 Å². The maximum atomic E-state index is 10.7. The molecule has 94 valence electrons. The van der Waals surface area contributed by atoms with Crippen LogP contribution in [-0.4, -0.2) is 33.3 Å². The maximum Gasteiger partial charge on any atom is 0.337 e. The van der Waals surface area contributed by atoms with Gasteiger partial charge in [0.15, 0.2) is 0 Å². The van der Waals surface area contributed by atoms with Crippen molar-refractivity contribution >= 4 is 23.4 Å². The molecule has 1 unspecified atom stereocenters. The Morgan fingerprint density at radius 2 is 2.29 bits per heavy atom. The van der Waals surface area contributed by atoms with Crippen LogP contribution in [0.3, 0.4) is 0 Å². The van der Waals surface area contributed by atoms with Gasteiger partial charge in [-0.3, -0.25) is 0 Å². The minimum absolute atomic E-state index is 0.0304. The van der Waals surface area contributed by atoms with Crippen LogP contribution in [0.2, 0.25) is 5.02 Å². The summed E-state index contributed by atoms with van der Waals surface area (Å²) < 4.78 is 0. The van der Waals surface area contributed by atoms with Crippen LogP contribution in [-0.2, 0) is 0 Å². The lowest BCUT2D eigenvalue weighted by Crippen LogP contribution is -2.32. The number of hydrogen-bond acceptors (Lipinski definition) is 4. The maximum absolute atomic E-state index is 10.7. The Kier molecular flexibility index (Phi) is 4.31. The second-order valence-corrected chi connectivity index (χ2v) is 4.47. The van der Waals surface area contributed by atoms with Gasteiger partial charge < -0.3 is 15.5 Å². The van der Waals surface area contributed by atoms with Gasteiger partial charge in [0.2, 0.25) is 0 Å². The molecule has 0 spiro atoms. The lowest BCUT2D eigenvalue weighted by Gasteiger charge is -2.22.